The van der Waals surface area contributed by atoms with Crippen molar-refractivity contribution in [3.05, 3.63) is 28.8 Å². The Balaban J connectivity index is 2.55. The number of hydrogen-bond donors (Lipinski definition) is 1. The molecule has 2 rings (SSSR count). The molecule has 1 aromatic carbocycles. The van der Waals surface area contributed by atoms with Crippen LogP contribution in [0.15, 0.2) is 18.2 Å². The summed E-state index contributed by atoms with van der Waals surface area (Å²) in [6.45, 7) is 1.87. The zero-order chi connectivity index (χ0) is 8.72. The molecule has 0 aliphatic carbocycles. The fourth-order valence-electron chi connectivity index (χ4n) is 1.39. The maximum atomic E-state index is 11.2. The van der Waals surface area contributed by atoms with E-state index in [4.69, 9.17) is 11.6 Å². The topological polar surface area (TPSA) is 29.1 Å². The van der Waals surface area contributed by atoms with Crippen LogP contribution in [0.2, 0.25) is 5.02 Å². The van der Waals surface area contributed by atoms with E-state index in [0.29, 0.717) is 5.02 Å². The molecular formula is C9H8ClNO. The maximum Gasteiger partial charge on any atom is 0.231 e. The van der Waals surface area contributed by atoms with Crippen molar-refractivity contribution < 1.29 is 4.79 Å². The average Bonchev–Trinajstić information content (AvgIpc) is 2.31. The molecule has 1 aliphatic rings. The van der Waals surface area contributed by atoms with Crippen molar-refractivity contribution in [2.45, 2.75) is 12.8 Å². The highest BCUT2D eigenvalue weighted by atomic mass is 35.5. The normalized spacial score (nSPS) is 20.5. The minimum Gasteiger partial charge on any atom is -0.325 e. The number of hydrogen-bond acceptors (Lipinski definition) is 1. The first-order valence-corrected chi connectivity index (χ1v) is 4.16. The molecule has 1 atom stereocenters. The van der Waals surface area contributed by atoms with E-state index in [2.05, 4.69) is 5.32 Å². The summed E-state index contributed by atoms with van der Waals surface area (Å²) in [4.78, 5) is 11.2. The highest BCUT2D eigenvalue weighted by Crippen LogP contribution is 2.33. The van der Waals surface area contributed by atoms with E-state index in [1.807, 2.05) is 19.1 Å². The third kappa shape index (κ3) is 0.994. The summed E-state index contributed by atoms with van der Waals surface area (Å²) in [5, 5.41) is 3.45. The highest BCUT2D eigenvalue weighted by Gasteiger charge is 2.25. The van der Waals surface area contributed by atoms with Crippen LogP contribution in [0.3, 0.4) is 0 Å². The molecule has 0 unspecified atom stereocenters. The Bertz CT molecular complexity index is 348. The Labute approximate surface area is 75.5 Å². The molecule has 0 spiro atoms. The summed E-state index contributed by atoms with van der Waals surface area (Å²) in [5.41, 5.74) is 1.88. The Hall–Kier alpha value is -1.02. The zero-order valence-electron chi connectivity index (χ0n) is 6.60. The molecule has 12 heavy (non-hydrogen) atoms. The van der Waals surface area contributed by atoms with Crippen LogP contribution in [0.4, 0.5) is 5.69 Å². The number of carbonyl (C=O) groups is 1. The number of anilines is 1. The van der Waals surface area contributed by atoms with Gasteiger partial charge in [0.05, 0.1) is 5.92 Å². The fraction of sp³-hybridized carbons (Fsp3) is 0.222. The van der Waals surface area contributed by atoms with E-state index < -0.39 is 0 Å². The summed E-state index contributed by atoms with van der Waals surface area (Å²) in [6.07, 6.45) is 0. The SMILES string of the molecule is C[C@H]1C(=O)Nc2ccc(Cl)cc21. The molecule has 1 N–H and O–H groups in total. The maximum absolute atomic E-state index is 11.2. The van der Waals surface area contributed by atoms with E-state index in [1.54, 1.807) is 6.07 Å². The minimum absolute atomic E-state index is 0.0484. The van der Waals surface area contributed by atoms with E-state index >= 15 is 0 Å². The van der Waals surface area contributed by atoms with Gasteiger partial charge in [0.2, 0.25) is 5.91 Å². The number of benzene rings is 1. The largest absolute Gasteiger partial charge is 0.325 e. The highest BCUT2D eigenvalue weighted by molar-refractivity contribution is 6.31. The number of rotatable bonds is 0. The van der Waals surface area contributed by atoms with Crippen molar-refractivity contribution in [1.29, 1.82) is 0 Å². The van der Waals surface area contributed by atoms with Crippen LogP contribution in [-0.2, 0) is 4.79 Å². The van der Waals surface area contributed by atoms with Crippen LogP contribution in [0.1, 0.15) is 18.4 Å². The lowest BCUT2D eigenvalue weighted by atomic mass is 10.0. The Morgan fingerprint density at radius 1 is 1.50 bits per heavy atom. The van der Waals surface area contributed by atoms with Gasteiger partial charge in [-0.25, -0.2) is 0 Å². The molecule has 1 aliphatic heterocycles. The molecule has 0 saturated carbocycles. The van der Waals surface area contributed by atoms with Crippen LogP contribution in [-0.4, -0.2) is 5.91 Å². The number of carbonyl (C=O) groups excluding carboxylic acids is 1. The Morgan fingerprint density at radius 3 is 3.00 bits per heavy atom. The van der Waals surface area contributed by atoms with Gasteiger partial charge in [-0.15, -0.1) is 0 Å². The summed E-state index contributed by atoms with van der Waals surface area (Å²) < 4.78 is 0. The summed E-state index contributed by atoms with van der Waals surface area (Å²) in [5.74, 6) is -0.0223. The van der Waals surface area contributed by atoms with Crippen molar-refractivity contribution in [2.24, 2.45) is 0 Å². The zero-order valence-corrected chi connectivity index (χ0v) is 7.35. The van der Waals surface area contributed by atoms with Gasteiger partial charge in [-0.05, 0) is 30.7 Å². The predicted octanol–water partition coefficient (Wildman–Crippen LogP) is 2.40. The summed E-state index contributed by atoms with van der Waals surface area (Å²) in [6, 6.07) is 5.44. The molecule has 0 aromatic heterocycles. The summed E-state index contributed by atoms with van der Waals surface area (Å²) in [7, 11) is 0. The van der Waals surface area contributed by atoms with Gasteiger partial charge in [0.15, 0.2) is 0 Å². The number of halogens is 1. The quantitative estimate of drug-likeness (QED) is 0.654. The summed E-state index contributed by atoms with van der Waals surface area (Å²) >= 11 is 5.80. The second-order valence-electron chi connectivity index (χ2n) is 2.94. The van der Waals surface area contributed by atoms with E-state index in [-0.39, 0.29) is 11.8 Å². The second-order valence-corrected chi connectivity index (χ2v) is 3.38. The monoisotopic (exact) mass is 181 g/mol. The smallest absolute Gasteiger partial charge is 0.231 e. The van der Waals surface area contributed by atoms with Crippen LogP contribution < -0.4 is 5.32 Å². The van der Waals surface area contributed by atoms with Gasteiger partial charge in [-0.3, -0.25) is 4.79 Å². The number of fused-ring (bicyclic) bond motifs is 1. The van der Waals surface area contributed by atoms with Gasteiger partial charge in [0.25, 0.3) is 0 Å². The minimum atomic E-state index is -0.0706. The van der Waals surface area contributed by atoms with E-state index in [0.717, 1.165) is 11.3 Å². The molecule has 0 fully saturated rings. The molecule has 1 heterocycles. The first-order chi connectivity index (χ1) is 5.68. The van der Waals surface area contributed by atoms with Crippen molar-refractivity contribution in [2.75, 3.05) is 5.32 Å². The lowest BCUT2D eigenvalue weighted by molar-refractivity contribution is -0.116. The third-order valence-electron chi connectivity index (χ3n) is 2.13. The fourth-order valence-corrected chi connectivity index (χ4v) is 1.57. The number of amides is 1. The van der Waals surface area contributed by atoms with Crippen LogP contribution in [0, 0.1) is 0 Å². The van der Waals surface area contributed by atoms with Gasteiger partial charge in [0.1, 0.15) is 0 Å². The van der Waals surface area contributed by atoms with Gasteiger partial charge in [-0.2, -0.15) is 0 Å². The lowest BCUT2D eigenvalue weighted by Crippen LogP contribution is -2.08. The van der Waals surface area contributed by atoms with Crippen molar-refractivity contribution in [3.63, 3.8) is 0 Å². The van der Waals surface area contributed by atoms with Gasteiger partial charge < -0.3 is 5.32 Å². The molecule has 0 bridgehead atoms. The first kappa shape index (κ1) is 7.62. The molecule has 62 valence electrons. The van der Waals surface area contributed by atoms with Crippen LogP contribution in [0.25, 0.3) is 0 Å². The molecular weight excluding hydrogens is 174 g/mol. The molecule has 1 amide bonds. The molecule has 3 heteroatoms. The average molecular weight is 182 g/mol. The van der Waals surface area contributed by atoms with Gasteiger partial charge >= 0.3 is 0 Å². The van der Waals surface area contributed by atoms with E-state index in [1.165, 1.54) is 0 Å². The number of nitrogens with one attached hydrogen (secondary N) is 1. The van der Waals surface area contributed by atoms with Crippen LogP contribution >= 0.6 is 11.6 Å². The Morgan fingerprint density at radius 2 is 2.25 bits per heavy atom. The van der Waals surface area contributed by atoms with Crippen molar-refractivity contribution in [1.82, 2.24) is 0 Å². The first-order valence-electron chi connectivity index (χ1n) is 3.79. The van der Waals surface area contributed by atoms with Gasteiger partial charge in [0, 0.05) is 10.7 Å². The van der Waals surface area contributed by atoms with E-state index in [9.17, 15) is 4.79 Å². The van der Waals surface area contributed by atoms with Crippen molar-refractivity contribution in [3.8, 4) is 0 Å². The van der Waals surface area contributed by atoms with Gasteiger partial charge in [-0.1, -0.05) is 11.6 Å². The predicted molar refractivity (Wildman–Crippen MR) is 48.5 cm³/mol. The molecule has 0 saturated heterocycles. The second kappa shape index (κ2) is 2.49. The molecule has 1 aromatic rings. The standard InChI is InChI=1S/C9H8ClNO/c1-5-7-4-6(10)2-3-8(7)11-9(5)12/h2-5H,1H3,(H,11,12)/t5-/m1/s1. The van der Waals surface area contributed by atoms with Crippen molar-refractivity contribution >= 4 is 23.2 Å². The van der Waals surface area contributed by atoms with Crippen LogP contribution in [0.5, 0.6) is 0 Å². The molecule has 2 nitrogen and oxygen atoms in total. The molecule has 0 radical (unpaired) electrons. The third-order valence-corrected chi connectivity index (χ3v) is 2.37. The lowest BCUT2D eigenvalue weighted by Gasteiger charge is -1.99. The Kier molecular flexibility index (Phi) is 1.58.